The Morgan fingerprint density at radius 1 is 1.53 bits per heavy atom. The van der Waals surface area contributed by atoms with Crippen molar-refractivity contribution in [2.75, 3.05) is 26.7 Å². The van der Waals surface area contributed by atoms with Crippen LogP contribution < -0.4 is 0 Å². The predicted octanol–water partition coefficient (Wildman–Crippen LogP) is 0.465. The van der Waals surface area contributed by atoms with Crippen LogP contribution in [0.2, 0.25) is 4.34 Å². The minimum absolute atomic E-state index is 0.139. The molecule has 1 aliphatic rings. The van der Waals surface area contributed by atoms with Gasteiger partial charge in [0.25, 0.3) is 0 Å². The van der Waals surface area contributed by atoms with Crippen LogP contribution in [0.15, 0.2) is 0 Å². The summed E-state index contributed by atoms with van der Waals surface area (Å²) in [6.07, 6.45) is 0. The molecule has 1 aromatic rings. The third kappa shape index (κ3) is 2.45. The monoisotopic (exact) mass is 246 g/mol. The number of carbonyl (C=O) groups excluding carboxylic acids is 1. The van der Waals surface area contributed by atoms with Gasteiger partial charge < -0.3 is 4.90 Å². The van der Waals surface area contributed by atoms with Crippen molar-refractivity contribution in [2.45, 2.75) is 6.54 Å². The molecule has 2 heterocycles. The molecule has 1 amide bonds. The zero-order chi connectivity index (χ0) is 10.8. The number of carbonyl (C=O) groups is 1. The summed E-state index contributed by atoms with van der Waals surface area (Å²) in [6.45, 7) is 2.66. The molecule has 1 fully saturated rings. The first-order chi connectivity index (χ1) is 7.16. The van der Waals surface area contributed by atoms with Crippen LogP contribution in [-0.2, 0) is 11.3 Å². The van der Waals surface area contributed by atoms with Gasteiger partial charge in [-0.2, -0.15) is 0 Å². The average Bonchev–Trinajstić information content (AvgIpc) is 2.59. The normalized spacial score (nSPS) is 18.5. The Balaban J connectivity index is 1.96. The first-order valence-electron chi connectivity index (χ1n) is 4.60. The second-order valence-electron chi connectivity index (χ2n) is 3.52. The maximum Gasteiger partial charge on any atom is 0.236 e. The number of piperazine rings is 1. The highest BCUT2D eigenvalue weighted by Crippen LogP contribution is 2.19. The van der Waals surface area contributed by atoms with E-state index >= 15 is 0 Å². The van der Waals surface area contributed by atoms with Crippen LogP contribution in [0.25, 0.3) is 0 Å². The quantitative estimate of drug-likeness (QED) is 0.761. The smallest absolute Gasteiger partial charge is 0.236 e. The molecule has 2 rings (SSSR count). The van der Waals surface area contributed by atoms with E-state index in [1.807, 2.05) is 11.9 Å². The van der Waals surface area contributed by atoms with Crippen molar-refractivity contribution >= 4 is 29.0 Å². The lowest BCUT2D eigenvalue weighted by atomic mass is 10.3. The molecule has 15 heavy (non-hydrogen) atoms. The largest absolute Gasteiger partial charge is 0.343 e. The molecule has 7 heteroatoms. The van der Waals surface area contributed by atoms with E-state index in [1.54, 1.807) is 4.90 Å². The van der Waals surface area contributed by atoms with Gasteiger partial charge in [0.15, 0.2) is 0 Å². The summed E-state index contributed by atoms with van der Waals surface area (Å²) < 4.78 is 4.37. The topological polar surface area (TPSA) is 49.3 Å². The summed E-state index contributed by atoms with van der Waals surface area (Å²) in [5.41, 5.74) is 0.763. The molecule has 0 saturated carbocycles. The lowest BCUT2D eigenvalue weighted by Crippen LogP contribution is -2.48. The van der Waals surface area contributed by atoms with E-state index in [2.05, 4.69) is 9.59 Å². The minimum atomic E-state index is 0.139. The van der Waals surface area contributed by atoms with Gasteiger partial charge in [0.1, 0.15) is 10.0 Å². The van der Waals surface area contributed by atoms with Crippen molar-refractivity contribution in [3.63, 3.8) is 0 Å². The van der Waals surface area contributed by atoms with Crippen LogP contribution in [0.3, 0.4) is 0 Å². The third-order valence-corrected chi connectivity index (χ3v) is 3.40. The van der Waals surface area contributed by atoms with Crippen LogP contribution in [0.4, 0.5) is 0 Å². The highest BCUT2D eigenvalue weighted by Gasteiger charge is 2.22. The molecule has 0 spiro atoms. The molecular formula is C8H11ClN4OS. The molecule has 1 saturated heterocycles. The van der Waals surface area contributed by atoms with Crippen molar-refractivity contribution in [3.05, 3.63) is 10.0 Å². The van der Waals surface area contributed by atoms with E-state index in [9.17, 15) is 4.79 Å². The van der Waals surface area contributed by atoms with E-state index in [1.165, 1.54) is 11.5 Å². The first-order valence-corrected chi connectivity index (χ1v) is 5.75. The molecule has 0 atom stereocenters. The predicted molar refractivity (Wildman–Crippen MR) is 57.8 cm³/mol. The zero-order valence-electron chi connectivity index (χ0n) is 8.31. The van der Waals surface area contributed by atoms with Crippen molar-refractivity contribution in [2.24, 2.45) is 0 Å². The van der Waals surface area contributed by atoms with Gasteiger partial charge in [0.05, 0.1) is 6.54 Å². The molecular weight excluding hydrogens is 236 g/mol. The van der Waals surface area contributed by atoms with E-state index in [0.717, 1.165) is 18.8 Å². The van der Waals surface area contributed by atoms with Gasteiger partial charge in [0, 0.05) is 38.2 Å². The summed E-state index contributed by atoms with van der Waals surface area (Å²) >= 11 is 7.07. The summed E-state index contributed by atoms with van der Waals surface area (Å²) in [6, 6.07) is 0. The number of hydrogen-bond donors (Lipinski definition) is 0. The second kappa shape index (κ2) is 4.42. The molecule has 82 valence electrons. The molecule has 0 radical (unpaired) electrons. The van der Waals surface area contributed by atoms with Gasteiger partial charge >= 0.3 is 0 Å². The van der Waals surface area contributed by atoms with Crippen molar-refractivity contribution in [1.29, 1.82) is 0 Å². The van der Waals surface area contributed by atoms with Crippen molar-refractivity contribution < 1.29 is 4.79 Å². The Bertz CT molecular complexity index is 369. The van der Waals surface area contributed by atoms with Crippen LogP contribution in [-0.4, -0.2) is 52.0 Å². The van der Waals surface area contributed by atoms with Gasteiger partial charge in [-0.05, 0) is 0 Å². The average molecular weight is 247 g/mol. The number of hydrogen-bond acceptors (Lipinski definition) is 5. The lowest BCUT2D eigenvalue weighted by Gasteiger charge is -2.31. The van der Waals surface area contributed by atoms with Crippen molar-refractivity contribution in [1.82, 2.24) is 19.4 Å². The summed E-state index contributed by atoms with van der Waals surface area (Å²) in [5, 5.41) is 3.92. The van der Waals surface area contributed by atoms with Crippen LogP contribution in [0.5, 0.6) is 0 Å². The molecule has 0 bridgehead atoms. The standard InChI is InChI=1S/C8H11ClN4OS/c1-12-2-3-13(5-7(12)14)4-6-8(9)15-11-10-6/h2-5H2,1H3. The van der Waals surface area contributed by atoms with Crippen LogP contribution >= 0.6 is 23.1 Å². The third-order valence-electron chi connectivity index (χ3n) is 2.42. The highest BCUT2D eigenvalue weighted by molar-refractivity contribution is 7.10. The van der Waals surface area contributed by atoms with Gasteiger partial charge in [0.2, 0.25) is 5.91 Å². The molecule has 1 aliphatic heterocycles. The van der Waals surface area contributed by atoms with E-state index in [-0.39, 0.29) is 5.91 Å². The number of aromatic nitrogens is 2. The summed E-state index contributed by atoms with van der Waals surface area (Å²) in [4.78, 5) is 15.2. The van der Waals surface area contributed by atoms with Gasteiger partial charge in [-0.15, -0.1) is 5.10 Å². The second-order valence-corrected chi connectivity index (χ2v) is 4.88. The van der Waals surface area contributed by atoms with E-state index in [4.69, 9.17) is 11.6 Å². The number of nitrogens with zero attached hydrogens (tertiary/aromatic N) is 4. The number of rotatable bonds is 2. The molecule has 0 aromatic carbocycles. The fourth-order valence-corrected chi connectivity index (χ4v) is 2.06. The highest BCUT2D eigenvalue weighted by atomic mass is 35.5. The molecule has 0 aliphatic carbocycles. The first kappa shape index (κ1) is 10.8. The Kier molecular flexibility index (Phi) is 3.18. The van der Waals surface area contributed by atoms with Gasteiger partial charge in [-0.25, -0.2) is 0 Å². The van der Waals surface area contributed by atoms with E-state index < -0.39 is 0 Å². The fraction of sp³-hybridized carbons (Fsp3) is 0.625. The fourth-order valence-electron chi connectivity index (χ4n) is 1.45. The minimum Gasteiger partial charge on any atom is -0.343 e. The number of likely N-dealkylation sites (N-methyl/N-ethyl adjacent to an activating group) is 1. The Hall–Kier alpha value is -0.720. The molecule has 0 unspecified atom stereocenters. The van der Waals surface area contributed by atoms with Gasteiger partial charge in [-0.3, -0.25) is 9.69 Å². The molecule has 1 aromatic heterocycles. The lowest BCUT2D eigenvalue weighted by molar-refractivity contribution is -0.134. The SMILES string of the molecule is CN1CCN(Cc2nnsc2Cl)CC1=O. The van der Waals surface area contributed by atoms with Gasteiger partial charge in [-0.1, -0.05) is 16.1 Å². The number of amides is 1. The van der Waals surface area contributed by atoms with Crippen LogP contribution in [0.1, 0.15) is 5.69 Å². The number of halogens is 1. The van der Waals surface area contributed by atoms with Crippen molar-refractivity contribution in [3.8, 4) is 0 Å². The Labute approximate surface area is 96.8 Å². The summed E-state index contributed by atoms with van der Waals surface area (Å²) in [5.74, 6) is 0.139. The van der Waals surface area contributed by atoms with E-state index in [0.29, 0.717) is 17.4 Å². The Morgan fingerprint density at radius 2 is 2.33 bits per heavy atom. The molecule has 5 nitrogen and oxygen atoms in total. The van der Waals surface area contributed by atoms with Crippen LogP contribution in [0, 0.1) is 0 Å². The summed E-state index contributed by atoms with van der Waals surface area (Å²) in [7, 11) is 1.82. The Morgan fingerprint density at radius 3 is 2.93 bits per heavy atom. The molecule has 0 N–H and O–H groups in total. The maximum atomic E-state index is 11.4. The maximum absolute atomic E-state index is 11.4. The zero-order valence-corrected chi connectivity index (χ0v) is 9.88.